The largest absolute Gasteiger partial charge is 0.307 e. The molecule has 2 rings (SSSR count). The fraction of sp³-hybridized carbons (Fsp3) is 1.00. The second kappa shape index (κ2) is 4.37. The van der Waals surface area contributed by atoms with Gasteiger partial charge in [-0.25, -0.2) is 0 Å². The molecule has 2 heterocycles. The first-order valence-corrected chi connectivity index (χ1v) is 5.22. The zero-order valence-corrected chi connectivity index (χ0v) is 8.42. The normalized spacial score (nSPS) is 31.6. The van der Waals surface area contributed by atoms with Crippen LogP contribution in [0.15, 0.2) is 0 Å². The van der Waals surface area contributed by atoms with Crippen molar-refractivity contribution in [1.29, 1.82) is 0 Å². The Bertz CT molecular complexity index is 162. The first-order valence-electron chi connectivity index (χ1n) is 5.22. The maximum atomic E-state index is 3.47. The number of nitrogens with zero attached hydrogens (tertiary/aromatic N) is 2. The van der Waals surface area contributed by atoms with Gasteiger partial charge in [0.05, 0.1) is 6.67 Å². The average molecular weight is 184 g/mol. The van der Waals surface area contributed by atoms with Crippen LogP contribution in [0.3, 0.4) is 0 Å². The first kappa shape index (κ1) is 9.40. The summed E-state index contributed by atoms with van der Waals surface area (Å²) in [5, 5.41) is 6.68. The van der Waals surface area contributed by atoms with Crippen molar-refractivity contribution in [3.63, 3.8) is 0 Å². The minimum absolute atomic E-state index is 0.795. The first-order chi connectivity index (χ1) is 6.40. The van der Waals surface area contributed by atoms with Crippen molar-refractivity contribution in [3.8, 4) is 0 Å². The second-order valence-corrected chi connectivity index (χ2v) is 4.04. The van der Waals surface area contributed by atoms with E-state index in [1.807, 2.05) is 7.05 Å². The summed E-state index contributed by atoms with van der Waals surface area (Å²) in [7, 11) is 2.01. The van der Waals surface area contributed by atoms with Gasteiger partial charge in [0.15, 0.2) is 0 Å². The lowest BCUT2D eigenvalue weighted by atomic mass is 10.2. The van der Waals surface area contributed by atoms with Crippen LogP contribution < -0.4 is 10.6 Å². The number of hydrogen-bond acceptors (Lipinski definition) is 4. The van der Waals surface area contributed by atoms with Gasteiger partial charge in [-0.2, -0.15) is 0 Å². The highest BCUT2D eigenvalue weighted by molar-refractivity contribution is 4.83. The molecule has 0 amide bonds. The summed E-state index contributed by atoms with van der Waals surface area (Å²) in [6.45, 7) is 5.59. The second-order valence-electron chi connectivity index (χ2n) is 4.04. The lowest BCUT2D eigenvalue weighted by Crippen LogP contribution is -2.40. The van der Waals surface area contributed by atoms with Gasteiger partial charge in [0.25, 0.3) is 0 Å². The van der Waals surface area contributed by atoms with Gasteiger partial charge in [0.2, 0.25) is 0 Å². The van der Waals surface area contributed by atoms with Crippen LogP contribution in [-0.2, 0) is 0 Å². The molecule has 2 aliphatic heterocycles. The highest BCUT2D eigenvalue weighted by atomic mass is 15.4. The summed E-state index contributed by atoms with van der Waals surface area (Å²) in [5.41, 5.74) is 0. The highest BCUT2D eigenvalue weighted by Crippen LogP contribution is 2.18. The average Bonchev–Trinajstić information content (AvgIpc) is 2.46. The summed E-state index contributed by atoms with van der Waals surface area (Å²) in [5.74, 6) is 0. The predicted octanol–water partition coefficient (Wildman–Crippen LogP) is -0.552. The van der Waals surface area contributed by atoms with Crippen molar-refractivity contribution in [2.45, 2.75) is 18.9 Å². The van der Waals surface area contributed by atoms with Crippen molar-refractivity contribution in [2.24, 2.45) is 0 Å². The molecule has 0 radical (unpaired) electrons. The van der Waals surface area contributed by atoms with Gasteiger partial charge >= 0.3 is 0 Å². The summed E-state index contributed by atoms with van der Waals surface area (Å²) in [4.78, 5) is 5.01. The van der Waals surface area contributed by atoms with E-state index in [4.69, 9.17) is 0 Å². The van der Waals surface area contributed by atoms with Crippen molar-refractivity contribution >= 4 is 0 Å². The molecular formula is C9H20N4. The Morgan fingerprint density at radius 2 is 2.38 bits per heavy atom. The molecule has 2 aliphatic rings. The number of hydrogen-bond donors (Lipinski definition) is 2. The van der Waals surface area contributed by atoms with Crippen molar-refractivity contribution in [3.05, 3.63) is 0 Å². The van der Waals surface area contributed by atoms with Crippen LogP contribution in [0.1, 0.15) is 12.8 Å². The summed E-state index contributed by atoms with van der Waals surface area (Å²) in [6.07, 6.45) is 2.75. The fourth-order valence-electron chi connectivity index (χ4n) is 2.37. The van der Waals surface area contributed by atoms with Gasteiger partial charge in [-0.15, -0.1) is 0 Å². The van der Waals surface area contributed by atoms with Gasteiger partial charge in [-0.1, -0.05) is 0 Å². The Morgan fingerprint density at radius 3 is 3.23 bits per heavy atom. The molecule has 1 atom stereocenters. The number of nitrogens with one attached hydrogen (secondary N) is 2. The van der Waals surface area contributed by atoms with Crippen molar-refractivity contribution < 1.29 is 0 Å². The molecule has 0 aromatic carbocycles. The molecule has 2 N–H and O–H groups in total. The third-order valence-corrected chi connectivity index (χ3v) is 3.00. The Morgan fingerprint density at radius 1 is 1.46 bits per heavy atom. The van der Waals surface area contributed by atoms with E-state index >= 15 is 0 Å². The zero-order valence-electron chi connectivity index (χ0n) is 8.42. The van der Waals surface area contributed by atoms with Gasteiger partial charge < -0.3 is 5.32 Å². The monoisotopic (exact) mass is 184 g/mol. The molecular weight excluding hydrogens is 164 g/mol. The van der Waals surface area contributed by atoms with Crippen LogP contribution in [0.2, 0.25) is 0 Å². The molecule has 4 nitrogen and oxygen atoms in total. The molecule has 0 bridgehead atoms. The zero-order chi connectivity index (χ0) is 9.10. The van der Waals surface area contributed by atoms with Crippen LogP contribution in [0.25, 0.3) is 0 Å². The van der Waals surface area contributed by atoms with Crippen LogP contribution >= 0.6 is 0 Å². The van der Waals surface area contributed by atoms with E-state index in [1.165, 1.54) is 25.9 Å². The molecule has 0 aromatic heterocycles. The maximum absolute atomic E-state index is 3.47. The third-order valence-electron chi connectivity index (χ3n) is 3.00. The minimum Gasteiger partial charge on any atom is -0.307 e. The summed E-state index contributed by atoms with van der Waals surface area (Å²) < 4.78 is 0. The lowest BCUT2D eigenvalue weighted by Gasteiger charge is -2.24. The smallest absolute Gasteiger partial charge is 0.0503 e. The summed E-state index contributed by atoms with van der Waals surface area (Å²) >= 11 is 0. The number of rotatable bonds is 2. The molecule has 0 saturated carbocycles. The molecule has 0 aromatic rings. The molecule has 76 valence electrons. The van der Waals surface area contributed by atoms with E-state index in [9.17, 15) is 0 Å². The number of fused-ring (bicyclic) bond motifs is 1. The fourth-order valence-corrected chi connectivity index (χ4v) is 2.37. The Balaban J connectivity index is 1.89. The van der Waals surface area contributed by atoms with Crippen molar-refractivity contribution in [2.75, 3.05) is 40.1 Å². The molecule has 2 fully saturated rings. The lowest BCUT2D eigenvalue weighted by molar-refractivity contribution is 0.214. The molecule has 1 unspecified atom stereocenters. The standard InChI is InChI=1S/C9H20N4/c1-10-6-12-5-9-3-2-4-13(9)8-11-7-12/h9-11H,2-8H2,1H3. The predicted molar refractivity (Wildman–Crippen MR) is 53.2 cm³/mol. The van der Waals surface area contributed by atoms with Gasteiger partial charge in [-0.05, 0) is 26.4 Å². The molecule has 13 heavy (non-hydrogen) atoms. The SMILES string of the molecule is CNCN1CNCN2CCCC2C1. The van der Waals surface area contributed by atoms with E-state index in [1.54, 1.807) is 0 Å². The maximum Gasteiger partial charge on any atom is 0.0503 e. The van der Waals surface area contributed by atoms with Crippen LogP contribution in [0.4, 0.5) is 0 Å². The van der Waals surface area contributed by atoms with Gasteiger partial charge in [0.1, 0.15) is 0 Å². The Labute approximate surface area is 80.3 Å². The van der Waals surface area contributed by atoms with Crippen molar-refractivity contribution in [1.82, 2.24) is 20.4 Å². The van der Waals surface area contributed by atoms with Gasteiger partial charge in [0, 0.05) is 25.9 Å². The molecule has 2 saturated heterocycles. The topological polar surface area (TPSA) is 30.5 Å². The quantitative estimate of drug-likeness (QED) is 0.603. The van der Waals surface area contributed by atoms with E-state index in [0.717, 1.165) is 26.0 Å². The van der Waals surface area contributed by atoms with E-state index in [-0.39, 0.29) is 0 Å². The molecule has 4 heteroatoms. The van der Waals surface area contributed by atoms with Crippen LogP contribution in [-0.4, -0.2) is 56.0 Å². The van der Waals surface area contributed by atoms with Crippen LogP contribution in [0.5, 0.6) is 0 Å². The molecule has 0 aliphatic carbocycles. The van der Waals surface area contributed by atoms with E-state index in [2.05, 4.69) is 20.4 Å². The van der Waals surface area contributed by atoms with E-state index < -0.39 is 0 Å². The highest BCUT2D eigenvalue weighted by Gasteiger charge is 2.27. The molecule has 0 spiro atoms. The van der Waals surface area contributed by atoms with E-state index in [0.29, 0.717) is 0 Å². The van der Waals surface area contributed by atoms with Gasteiger partial charge in [-0.3, -0.25) is 15.1 Å². The summed E-state index contributed by atoms with van der Waals surface area (Å²) in [6, 6.07) is 0.795. The minimum atomic E-state index is 0.795. The third kappa shape index (κ3) is 2.20. The van der Waals surface area contributed by atoms with Crippen LogP contribution in [0, 0.1) is 0 Å². The Kier molecular flexibility index (Phi) is 3.16. The Hall–Kier alpha value is -0.160.